The Labute approximate surface area is 152 Å². The second-order valence-corrected chi connectivity index (χ2v) is 5.18. The van der Waals surface area contributed by atoms with E-state index in [1.54, 1.807) is 24.3 Å². The lowest BCUT2D eigenvalue weighted by molar-refractivity contribution is -0.385. The Morgan fingerprint density at radius 1 is 0.885 bits per heavy atom. The van der Waals surface area contributed by atoms with Crippen LogP contribution in [0.5, 0.6) is 0 Å². The van der Waals surface area contributed by atoms with Gasteiger partial charge in [-0.05, 0) is 12.2 Å². The van der Waals surface area contributed by atoms with Gasteiger partial charge < -0.3 is 0 Å². The highest BCUT2D eigenvalue weighted by atomic mass is 32.1. The van der Waals surface area contributed by atoms with Crippen molar-refractivity contribution in [3.05, 3.63) is 79.9 Å². The van der Waals surface area contributed by atoms with E-state index in [4.69, 9.17) is 12.2 Å². The molecule has 0 heterocycles. The molecule has 132 valence electrons. The number of nitro benzene ring substituents is 2. The maximum absolute atomic E-state index is 10.7. The highest BCUT2D eigenvalue weighted by molar-refractivity contribution is 7.80. The Kier molecular flexibility index (Phi) is 6.40. The van der Waals surface area contributed by atoms with Crippen LogP contribution in [0.15, 0.2) is 58.7 Å². The Bertz CT molecular complexity index is 828. The fourth-order valence-electron chi connectivity index (χ4n) is 1.79. The smallest absolute Gasteiger partial charge is 0.258 e. The molecule has 0 aliphatic carbocycles. The number of hydrogen-bond acceptors (Lipinski definition) is 7. The molecule has 10 nitrogen and oxygen atoms in total. The lowest BCUT2D eigenvalue weighted by Gasteiger charge is -2.01. The summed E-state index contributed by atoms with van der Waals surface area (Å²) < 4.78 is 0. The van der Waals surface area contributed by atoms with Gasteiger partial charge in [-0.2, -0.15) is 10.2 Å². The number of rotatable bonds is 6. The molecule has 0 fully saturated rings. The van der Waals surface area contributed by atoms with E-state index in [9.17, 15) is 20.2 Å². The summed E-state index contributed by atoms with van der Waals surface area (Å²) in [5.74, 6) is 0. The summed E-state index contributed by atoms with van der Waals surface area (Å²) in [5.41, 5.74) is 5.94. The summed E-state index contributed by atoms with van der Waals surface area (Å²) in [6, 6.07) is 11.9. The van der Waals surface area contributed by atoms with Crippen LogP contribution >= 0.6 is 12.2 Å². The predicted molar refractivity (Wildman–Crippen MR) is 100 cm³/mol. The average molecular weight is 372 g/mol. The van der Waals surface area contributed by atoms with E-state index in [0.717, 1.165) is 0 Å². The number of nitro groups is 2. The molecular weight excluding hydrogens is 360 g/mol. The Balaban J connectivity index is 1.87. The second-order valence-electron chi connectivity index (χ2n) is 4.77. The van der Waals surface area contributed by atoms with E-state index in [1.165, 1.54) is 36.7 Å². The number of non-ortho nitro benzene ring substituents is 2. The number of benzene rings is 2. The molecule has 2 aromatic rings. The van der Waals surface area contributed by atoms with Crippen LogP contribution in [0.2, 0.25) is 0 Å². The van der Waals surface area contributed by atoms with Crippen LogP contribution in [0.25, 0.3) is 0 Å². The van der Waals surface area contributed by atoms with Gasteiger partial charge in [0.05, 0.1) is 22.3 Å². The molecule has 0 atom stereocenters. The van der Waals surface area contributed by atoms with Gasteiger partial charge in [-0.3, -0.25) is 31.1 Å². The van der Waals surface area contributed by atoms with Crippen molar-refractivity contribution in [2.24, 2.45) is 10.2 Å². The quantitative estimate of drug-likeness (QED) is 0.344. The van der Waals surface area contributed by atoms with Gasteiger partial charge in [0.1, 0.15) is 0 Å². The van der Waals surface area contributed by atoms with Gasteiger partial charge in [0.15, 0.2) is 0 Å². The minimum absolute atomic E-state index is 0.0452. The summed E-state index contributed by atoms with van der Waals surface area (Å²) in [4.78, 5) is 20.4. The van der Waals surface area contributed by atoms with Crippen LogP contribution in [0.4, 0.5) is 11.4 Å². The third-order valence-electron chi connectivity index (χ3n) is 2.92. The summed E-state index contributed by atoms with van der Waals surface area (Å²) in [6.45, 7) is 0. The summed E-state index contributed by atoms with van der Waals surface area (Å²) >= 11 is 4.95. The second kappa shape index (κ2) is 8.94. The van der Waals surface area contributed by atoms with Crippen LogP contribution in [-0.4, -0.2) is 27.4 Å². The molecule has 0 saturated carbocycles. The van der Waals surface area contributed by atoms with Crippen molar-refractivity contribution >= 4 is 41.1 Å². The SMILES string of the molecule is O=[N+]([O-])c1cccc(/C=N\NC(=S)N/N=C/c2cccc([N+](=O)[O-])c2)c1. The molecule has 0 unspecified atom stereocenters. The molecule has 2 aromatic carbocycles. The first-order chi connectivity index (χ1) is 12.5. The number of nitrogens with one attached hydrogen (secondary N) is 2. The van der Waals surface area contributed by atoms with Crippen LogP contribution in [0, 0.1) is 20.2 Å². The molecule has 0 aliphatic rings. The minimum Gasteiger partial charge on any atom is -0.258 e. The molecule has 0 aliphatic heterocycles. The van der Waals surface area contributed by atoms with E-state index >= 15 is 0 Å². The van der Waals surface area contributed by atoms with E-state index in [0.29, 0.717) is 11.1 Å². The molecule has 0 spiro atoms. The highest BCUT2D eigenvalue weighted by Crippen LogP contribution is 2.12. The predicted octanol–water partition coefficient (Wildman–Crippen LogP) is 2.34. The monoisotopic (exact) mass is 372 g/mol. The van der Waals surface area contributed by atoms with Crippen LogP contribution in [-0.2, 0) is 0 Å². The van der Waals surface area contributed by atoms with Crippen molar-refractivity contribution in [3.63, 3.8) is 0 Å². The maximum atomic E-state index is 10.7. The van der Waals surface area contributed by atoms with Crippen molar-refractivity contribution in [1.82, 2.24) is 10.9 Å². The van der Waals surface area contributed by atoms with Gasteiger partial charge in [-0.15, -0.1) is 0 Å². The largest absolute Gasteiger partial charge is 0.270 e. The third-order valence-corrected chi connectivity index (χ3v) is 3.10. The van der Waals surface area contributed by atoms with Gasteiger partial charge in [0.2, 0.25) is 5.11 Å². The molecule has 11 heteroatoms. The molecule has 0 amide bonds. The van der Waals surface area contributed by atoms with Crippen molar-refractivity contribution in [3.8, 4) is 0 Å². The molecule has 0 bridgehead atoms. The fraction of sp³-hybridized carbons (Fsp3) is 0. The molecule has 26 heavy (non-hydrogen) atoms. The third kappa shape index (κ3) is 5.72. The Hall–Kier alpha value is -3.73. The van der Waals surface area contributed by atoms with Crippen molar-refractivity contribution in [2.45, 2.75) is 0 Å². The lowest BCUT2D eigenvalue weighted by Crippen LogP contribution is -2.28. The van der Waals surface area contributed by atoms with Crippen molar-refractivity contribution in [2.75, 3.05) is 0 Å². The molecule has 0 saturated heterocycles. The lowest BCUT2D eigenvalue weighted by atomic mass is 10.2. The number of hydrazone groups is 2. The zero-order valence-corrected chi connectivity index (χ0v) is 13.9. The van der Waals surface area contributed by atoms with Crippen LogP contribution in [0.3, 0.4) is 0 Å². The fourth-order valence-corrected chi connectivity index (χ4v) is 1.90. The van der Waals surface area contributed by atoms with E-state index in [1.807, 2.05) is 0 Å². The highest BCUT2D eigenvalue weighted by Gasteiger charge is 2.04. The average Bonchev–Trinajstić information content (AvgIpc) is 2.62. The van der Waals surface area contributed by atoms with E-state index in [2.05, 4.69) is 21.1 Å². The summed E-state index contributed by atoms with van der Waals surface area (Å²) in [6.07, 6.45) is 2.73. The standard InChI is InChI=1S/C15H12N6O4S/c22-20(23)13-5-1-3-11(7-13)9-16-18-15(26)19-17-10-12-4-2-6-14(8-12)21(24)25/h1-10H,(H2,18,19,26)/b16-9-,17-10+. The summed E-state index contributed by atoms with van der Waals surface area (Å²) in [7, 11) is 0. The molecule has 0 radical (unpaired) electrons. The van der Waals surface area contributed by atoms with Crippen LogP contribution < -0.4 is 10.9 Å². The minimum atomic E-state index is -0.500. The Morgan fingerprint density at radius 3 is 1.69 bits per heavy atom. The van der Waals surface area contributed by atoms with Gasteiger partial charge in [0, 0.05) is 35.4 Å². The zero-order chi connectivity index (χ0) is 18.9. The van der Waals surface area contributed by atoms with E-state index in [-0.39, 0.29) is 16.5 Å². The van der Waals surface area contributed by atoms with Gasteiger partial charge in [0.25, 0.3) is 11.4 Å². The van der Waals surface area contributed by atoms with Gasteiger partial charge >= 0.3 is 0 Å². The van der Waals surface area contributed by atoms with E-state index < -0.39 is 9.85 Å². The molecule has 0 aromatic heterocycles. The first kappa shape index (κ1) is 18.6. The van der Waals surface area contributed by atoms with Gasteiger partial charge in [-0.1, -0.05) is 24.3 Å². The van der Waals surface area contributed by atoms with Crippen molar-refractivity contribution in [1.29, 1.82) is 0 Å². The number of nitrogens with zero attached hydrogens (tertiary/aromatic N) is 4. The maximum Gasteiger partial charge on any atom is 0.270 e. The zero-order valence-electron chi connectivity index (χ0n) is 13.1. The van der Waals surface area contributed by atoms with Crippen LogP contribution in [0.1, 0.15) is 11.1 Å². The molecule has 2 N–H and O–H groups in total. The molecule has 2 rings (SSSR count). The first-order valence-electron chi connectivity index (χ1n) is 7.07. The Morgan fingerprint density at radius 2 is 1.31 bits per heavy atom. The number of hydrogen-bond donors (Lipinski definition) is 2. The summed E-state index contributed by atoms with van der Waals surface area (Å²) in [5, 5.41) is 29.1. The number of thiocarbonyl (C=S) groups is 1. The molecular formula is C15H12N6O4S. The van der Waals surface area contributed by atoms with Crippen molar-refractivity contribution < 1.29 is 9.85 Å². The topological polar surface area (TPSA) is 135 Å². The normalized spacial score (nSPS) is 10.8. The van der Waals surface area contributed by atoms with Gasteiger partial charge in [-0.25, -0.2) is 0 Å². The first-order valence-corrected chi connectivity index (χ1v) is 7.47.